The summed E-state index contributed by atoms with van der Waals surface area (Å²) in [5.74, 6) is -0.876. The maximum absolute atomic E-state index is 12.9. The van der Waals surface area contributed by atoms with Crippen LogP contribution in [0, 0.1) is 0 Å². The summed E-state index contributed by atoms with van der Waals surface area (Å²) < 4.78 is 17.0. The fourth-order valence-electron chi connectivity index (χ4n) is 9.80. The van der Waals surface area contributed by atoms with Crippen LogP contribution in [-0.2, 0) is 28.6 Å². The van der Waals surface area contributed by atoms with Gasteiger partial charge < -0.3 is 14.2 Å². The van der Waals surface area contributed by atoms with Crippen LogP contribution in [0.5, 0.6) is 0 Å². The molecule has 1 atom stereocenters. The molecule has 1 unspecified atom stereocenters. The van der Waals surface area contributed by atoms with Crippen LogP contribution in [0.4, 0.5) is 0 Å². The minimum atomic E-state index is -0.784. The van der Waals surface area contributed by atoms with Gasteiger partial charge >= 0.3 is 17.9 Å². The van der Waals surface area contributed by atoms with Gasteiger partial charge in [-0.05, 0) is 96.3 Å². The second-order valence-corrected chi connectivity index (χ2v) is 22.7. The molecule has 0 heterocycles. The molecule has 6 heteroatoms. The Labute approximate surface area is 490 Å². The number of hydrogen-bond acceptors (Lipinski definition) is 6. The van der Waals surface area contributed by atoms with E-state index in [1.165, 1.54) is 199 Å². The second-order valence-electron chi connectivity index (χ2n) is 22.7. The van der Waals surface area contributed by atoms with Crippen molar-refractivity contribution in [3.63, 3.8) is 0 Å². The largest absolute Gasteiger partial charge is 0.462 e. The molecule has 0 rings (SSSR count). The Bertz CT molecular complexity index is 1500. The van der Waals surface area contributed by atoms with Crippen molar-refractivity contribution in [2.45, 2.75) is 348 Å². The number of unbranched alkanes of at least 4 members (excludes halogenated alkanes) is 37. The van der Waals surface area contributed by atoms with E-state index in [0.29, 0.717) is 19.3 Å². The quantitative estimate of drug-likeness (QED) is 0.0261. The molecule has 79 heavy (non-hydrogen) atoms. The van der Waals surface area contributed by atoms with Gasteiger partial charge in [-0.1, -0.05) is 311 Å². The number of carbonyl (C=O) groups is 3. The van der Waals surface area contributed by atoms with E-state index in [0.717, 1.165) is 103 Å². The molecule has 0 amide bonds. The first-order chi connectivity index (χ1) is 39.0. The third-order valence-electron chi connectivity index (χ3n) is 14.9. The number of allylic oxidation sites excluding steroid dienone is 14. The summed E-state index contributed by atoms with van der Waals surface area (Å²) in [5, 5.41) is 0. The smallest absolute Gasteiger partial charge is 0.306 e. The summed E-state index contributed by atoms with van der Waals surface area (Å²) in [7, 11) is 0. The average molecular weight is 1100 g/mol. The monoisotopic (exact) mass is 1100 g/mol. The van der Waals surface area contributed by atoms with Gasteiger partial charge in [0.1, 0.15) is 13.2 Å². The molecule has 6 nitrogen and oxygen atoms in total. The molecule has 0 aliphatic rings. The number of rotatable bonds is 62. The summed E-state index contributed by atoms with van der Waals surface area (Å²) in [6.45, 7) is 6.54. The topological polar surface area (TPSA) is 78.9 Å². The van der Waals surface area contributed by atoms with Crippen molar-refractivity contribution in [3.8, 4) is 0 Å². The molecule has 0 aromatic carbocycles. The minimum absolute atomic E-state index is 0.0785. The van der Waals surface area contributed by atoms with Crippen LogP contribution < -0.4 is 0 Å². The fraction of sp³-hybridized carbons (Fsp3) is 0.767. The first kappa shape index (κ1) is 75.6. The van der Waals surface area contributed by atoms with E-state index >= 15 is 0 Å². The van der Waals surface area contributed by atoms with E-state index < -0.39 is 6.10 Å². The Balaban J connectivity index is 4.38. The van der Waals surface area contributed by atoms with Crippen LogP contribution in [0.1, 0.15) is 342 Å². The van der Waals surface area contributed by atoms with Gasteiger partial charge in [-0.25, -0.2) is 0 Å². The molecule has 0 aliphatic carbocycles. The van der Waals surface area contributed by atoms with E-state index in [2.05, 4.69) is 106 Å². The highest BCUT2D eigenvalue weighted by molar-refractivity contribution is 5.71. The van der Waals surface area contributed by atoms with Gasteiger partial charge in [0.15, 0.2) is 6.10 Å². The zero-order chi connectivity index (χ0) is 57.1. The normalized spacial score (nSPS) is 12.6. The lowest BCUT2D eigenvalue weighted by atomic mass is 10.0. The Morgan fingerprint density at radius 3 is 0.797 bits per heavy atom. The van der Waals surface area contributed by atoms with Gasteiger partial charge in [0, 0.05) is 19.3 Å². The molecule has 0 radical (unpaired) electrons. The van der Waals surface area contributed by atoms with Gasteiger partial charge in [-0.2, -0.15) is 0 Å². The summed E-state index contributed by atoms with van der Waals surface area (Å²) in [6.07, 6.45) is 88.7. The summed E-state index contributed by atoms with van der Waals surface area (Å²) in [6, 6.07) is 0. The minimum Gasteiger partial charge on any atom is -0.462 e. The molecule has 456 valence electrons. The molecule has 0 N–H and O–H groups in total. The van der Waals surface area contributed by atoms with E-state index in [9.17, 15) is 14.4 Å². The van der Waals surface area contributed by atoms with Crippen LogP contribution in [0.25, 0.3) is 0 Å². The van der Waals surface area contributed by atoms with E-state index in [1.54, 1.807) is 0 Å². The van der Waals surface area contributed by atoms with Crippen molar-refractivity contribution in [1.29, 1.82) is 0 Å². The van der Waals surface area contributed by atoms with Crippen molar-refractivity contribution in [3.05, 3.63) is 85.1 Å². The molecule has 0 fully saturated rings. The standard InChI is InChI=1S/C73H128O6/c1-4-7-10-13-16-19-22-25-28-31-34-35-36-37-40-42-45-48-51-54-57-60-63-66-72(75)78-69-70(79-73(76)67-64-61-58-55-52-49-46-43-39-33-30-27-24-21-18-15-12-9-6-3)68-77-71(74)65-62-59-56-53-50-47-44-41-38-32-29-26-23-20-17-14-11-8-5-2/h7,10,16,18-19,21,25,27-28,30,34-35,37,40,70H,4-6,8-9,11-15,17,20,22-24,26,29,31-33,36,38-39,41-69H2,1-3H3/b10-7-,19-16-,21-18-,28-25-,30-27-,35-34-,40-37-. The van der Waals surface area contributed by atoms with Crippen molar-refractivity contribution in [1.82, 2.24) is 0 Å². The van der Waals surface area contributed by atoms with Crippen LogP contribution in [0.15, 0.2) is 85.1 Å². The molecular weight excluding hydrogens is 973 g/mol. The van der Waals surface area contributed by atoms with E-state index in [1.807, 2.05) is 0 Å². The summed E-state index contributed by atoms with van der Waals surface area (Å²) in [5.41, 5.74) is 0. The molecule has 0 aromatic rings. The first-order valence-electron chi connectivity index (χ1n) is 34.1. The highest BCUT2D eigenvalue weighted by Gasteiger charge is 2.19. The molecule has 0 saturated carbocycles. The van der Waals surface area contributed by atoms with Crippen LogP contribution in [-0.4, -0.2) is 37.2 Å². The van der Waals surface area contributed by atoms with Crippen molar-refractivity contribution >= 4 is 17.9 Å². The number of ether oxygens (including phenoxy) is 3. The van der Waals surface area contributed by atoms with Gasteiger partial charge in [0.2, 0.25) is 0 Å². The van der Waals surface area contributed by atoms with Crippen LogP contribution in [0.3, 0.4) is 0 Å². The molecular formula is C73H128O6. The predicted octanol–water partition coefficient (Wildman–Crippen LogP) is 23.4. The molecule has 0 aromatic heterocycles. The lowest BCUT2D eigenvalue weighted by molar-refractivity contribution is -0.167. The van der Waals surface area contributed by atoms with E-state index in [4.69, 9.17) is 14.2 Å². The van der Waals surface area contributed by atoms with Gasteiger partial charge in [-0.15, -0.1) is 0 Å². The highest BCUT2D eigenvalue weighted by Crippen LogP contribution is 2.17. The number of hydrogen-bond donors (Lipinski definition) is 0. The van der Waals surface area contributed by atoms with Crippen molar-refractivity contribution in [2.75, 3.05) is 13.2 Å². The van der Waals surface area contributed by atoms with Gasteiger partial charge in [0.05, 0.1) is 0 Å². The average Bonchev–Trinajstić information content (AvgIpc) is 3.45. The fourth-order valence-corrected chi connectivity index (χ4v) is 9.80. The Hall–Kier alpha value is -3.41. The molecule has 0 saturated heterocycles. The summed E-state index contributed by atoms with van der Waals surface area (Å²) >= 11 is 0. The maximum atomic E-state index is 12.9. The van der Waals surface area contributed by atoms with Crippen LogP contribution >= 0.6 is 0 Å². The Kier molecular flexibility index (Phi) is 64.2. The predicted molar refractivity (Wildman–Crippen MR) is 344 cm³/mol. The molecule has 0 bridgehead atoms. The Morgan fingerprint density at radius 2 is 0.494 bits per heavy atom. The number of esters is 3. The zero-order valence-corrected chi connectivity index (χ0v) is 52.4. The SMILES string of the molecule is CC/C=C\C/C=C\C/C=C\C/C=C\C/C=C\CCCCCCCCCC(=O)OCC(COC(=O)CCCCCCCCCCCCCCCCCCCCC)OC(=O)CCCCCCCCCCC/C=C\C/C=C\CCCCC. The molecule has 0 spiro atoms. The number of carbonyl (C=O) groups excluding carboxylic acids is 3. The third kappa shape index (κ3) is 65.3. The lowest BCUT2D eigenvalue weighted by Crippen LogP contribution is -2.30. The zero-order valence-electron chi connectivity index (χ0n) is 52.4. The molecule has 0 aliphatic heterocycles. The van der Waals surface area contributed by atoms with Crippen LogP contribution in [0.2, 0.25) is 0 Å². The lowest BCUT2D eigenvalue weighted by Gasteiger charge is -2.18. The van der Waals surface area contributed by atoms with E-state index in [-0.39, 0.29) is 31.1 Å². The second kappa shape index (κ2) is 67.1. The van der Waals surface area contributed by atoms with Gasteiger partial charge in [-0.3, -0.25) is 14.4 Å². The first-order valence-corrected chi connectivity index (χ1v) is 34.1. The van der Waals surface area contributed by atoms with Crippen molar-refractivity contribution < 1.29 is 28.6 Å². The van der Waals surface area contributed by atoms with Gasteiger partial charge in [0.25, 0.3) is 0 Å². The Morgan fingerprint density at radius 1 is 0.266 bits per heavy atom. The third-order valence-corrected chi connectivity index (χ3v) is 14.9. The summed E-state index contributed by atoms with van der Waals surface area (Å²) in [4.78, 5) is 38.5. The highest BCUT2D eigenvalue weighted by atomic mass is 16.6. The van der Waals surface area contributed by atoms with Crippen molar-refractivity contribution in [2.24, 2.45) is 0 Å². The maximum Gasteiger partial charge on any atom is 0.306 e.